The number of aromatic nitrogens is 3. The Morgan fingerprint density at radius 2 is 1.83 bits per heavy atom. The number of hydrogen-bond acceptors (Lipinski definition) is 6. The third-order valence-electron chi connectivity index (χ3n) is 4.43. The molecule has 0 unspecified atom stereocenters. The number of benzene rings is 2. The van der Waals surface area contributed by atoms with E-state index in [2.05, 4.69) is 21.5 Å². The molecule has 1 amide bonds. The van der Waals surface area contributed by atoms with E-state index in [1.807, 2.05) is 51.1 Å². The highest BCUT2D eigenvalue weighted by atomic mass is 32.1. The van der Waals surface area contributed by atoms with Crippen molar-refractivity contribution in [3.63, 3.8) is 0 Å². The minimum atomic E-state index is -0.266. The zero-order chi connectivity index (χ0) is 21.3. The molecule has 0 aliphatic heterocycles. The number of rotatable bonds is 6. The average molecular weight is 423 g/mol. The van der Waals surface area contributed by atoms with Crippen LogP contribution in [0.5, 0.6) is 11.5 Å². The number of ether oxygens (including phenoxy) is 2. The molecule has 1 N–H and O–H groups in total. The molecule has 7 nitrogen and oxygen atoms in total. The van der Waals surface area contributed by atoms with E-state index < -0.39 is 0 Å². The van der Waals surface area contributed by atoms with Gasteiger partial charge in [-0.15, -0.1) is 0 Å². The fourth-order valence-electron chi connectivity index (χ4n) is 3.19. The van der Waals surface area contributed by atoms with E-state index in [9.17, 15) is 4.79 Å². The lowest BCUT2D eigenvalue weighted by molar-refractivity contribution is -0.118. The molecule has 0 aliphatic carbocycles. The molecule has 2 aromatic heterocycles. The molecule has 0 radical (unpaired) electrons. The van der Waals surface area contributed by atoms with E-state index in [0.717, 1.165) is 32.8 Å². The second-order valence-corrected chi connectivity index (χ2v) is 8.08. The highest BCUT2D eigenvalue weighted by Gasteiger charge is 2.15. The highest BCUT2D eigenvalue weighted by Crippen LogP contribution is 2.30. The standard InChI is InChI=1S/C22H22N4O3S/c1-13-7-14(2)9-17(8-13)29-12-21(27)24-20-10-15(3)25-26(20)22-23-18-6-5-16(28-4)11-19(18)30-22/h5-11H,12H2,1-4H3,(H,24,27). The second kappa shape index (κ2) is 8.16. The zero-order valence-electron chi connectivity index (χ0n) is 17.2. The van der Waals surface area contributed by atoms with Gasteiger partial charge in [-0.05, 0) is 62.2 Å². The summed E-state index contributed by atoms with van der Waals surface area (Å²) in [5.74, 6) is 1.73. The smallest absolute Gasteiger partial charge is 0.263 e. The topological polar surface area (TPSA) is 78.3 Å². The predicted octanol–water partition coefficient (Wildman–Crippen LogP) is 4.43. The Hall–Kier alpha value is -3.39. The van der Waals surface area contributed by atoms with Gasteiger partial charge in [0.25, 0.3) is 5.91 Å². The van der Waals surface area contributed by atoms with Crippen LogP contribution in [-0.2, 0) is 4.79 Å². The van der Waals surface area contributed by atoms with E-state index in [4.69, 9.17) is 9.47 Å². The number of fused-ring (bicyclic) bond motifs is 1. The van der Waals surface area contributed by atoms with Crippen molar-refractivity contribution in [2.75, 3.05) is 19.0 Å². The largest absolute Gasteiger partial charge is 0.497 e. The number of hydrogen-bond donors (Lipinski definition) is 1. The fraction of sp³-hybridized carbons (Fsp3) is 0.227. The minimum absolute atomic E-state index is 0.0931. The maximum Gasteiger partial charge on any atom is 0.263 e. The molecule has 8 heteroatoms. The van der Waals surface area contributed by atoms with E-state index in [-0.39, 0.29) is 12.5 Å². The van der Waals surface area contributed by atoms with Gasteiger partial charge in [-0.2, -0.15) is 9.78 Å². The lowest BCUT2D eigenvalue weighted by Gasteiger charge is -2.09. The van der Waals surface area contributed by atoms with E-state index in [0.29, 0.717) is 16.7 Å². The first kappa shape index (κ1) is 19.9. The zero-order valence-corrected chi connectivity index (χ0v) is 18.0. The van der Waals surface area contributed by atoms with Crippen LogP contribution < -0.4 is 14.8 Å². The first-order valence-electron chi connectivity index (χ1n) is 9.44. The number of thiazole rings is 1. The first-order chi connectivity index (χ1) is 14.4. The Morgan fingerprint density at radius 1 is 1.07 bits per heavy atom. The van der Waals surface area contributed by atoms with Gasteiger partial charge >= 0.3 is 0 Å². The van der Waals surface area contributed by atoms with Crippen molar-refractivity contribution < 1.29 is 14.3 Å². The van der Waals surface area contributed by atoms with Crippen molar-refractivity contribution >= 4 is 33.3 Å². The van der Waals surface area contributed by atoms with Crippen molar-refractivity contribution in [2.24, 2.45) is 0 Å². The summed E-state index contributed by atoms with van der Waals surface area (Å²) < 4.78 is 13.6. The third-order valence-corrected chi connectivity index (χ3v) is 5.42. The molecule has 0 bridgehead atoms. The number of aryl methyl sites for hydroxylation is 3. The molecular weight excluding hydrogens is 400 g/mol. The van der Waals surface area contributed by atoms with Crippen LogP contribution >= 0.6 is 11.3 Å². The van der Waals surface area contributed by atoms with Gasteiger partial charge in [0.2, 0.25) is 5.13 Å². The molecule has 2 aromatic carbocycles. The number of methoxy groups -OCH3 is 1. The molecule has 0 fully saturated rings. The Balaban J connectivity index is 1.52. The normalized spacial score (nSPS) is 10.9. The van der Waals surface area contributed by atoms with E-state index in [1.165, 1.54) is 11.3 Å². The van der Waals surface area contributed by atoms with E-state index in [1.54, 1.807) is 17.9 Å². The van der Waals surface area contributed by atoms with Crippen molar-refractivity contribution in [1.82, 2.24) is 14.8 Å². The van der Waals surface area contributed by atoms with Crippen molar-refractivity contribution in [3.8, 4) is 16.6 Å². The predicted molar refractivity (Wildman–Crippen MR) is 118 cm³/mol. The van der Waals surface area contributed by atoms with Gasteiger partial charge in [0.05, 0.1) is 23.0 Å². The monoisotopic (exact) mass is 422 g/mol. The molecule has 2 heterocycles. The Morgan fingerprint density at radius 3 is 2.57 bits per heavy atom. The lowest BCUT2D eigenvalue weighted by atomic mass is 10.1. The summed E-state index contributed by atoms with van der Waals surface area (Å²) in [5.41, 5.74) is 3.80. The van der Waals surface area contributed by atoms with Gasteiger partial charge in [0, 0.05) is 6.07 Å². The molecule has 0 atom stereocenters. The molecule has 0 aliphatic rings. The highest BCUT2D eigenvalue weighted by molar-refractivity contribution is 7.20. The molecular formula is C22H22N4O3S. The number of amides is 1. The van der Waals surface area contributed by atoms with Crippen LogP contribution in [-0.4, -0.2) is 34.4 Å². The van der Waals surface area contributed by atoms with E-state index >= 15 is 0 Å². The van der Waals surface area contributed by atoms with Crippen LogP contribution in [0.3, 0.4) is 0 Å². The number of carbonyl (C=O) groups is 1. The summed E-state index contributed by atoms with van der Waals surface area (Å²) in [4.78, 5) is 17.1. The second-order valence-electron chi connectivity index (χ2n) is 7.07. The Bertz CT molecular complexity index is 1210. The molecule has 154 valence electrons. The van der Waals surface area contributed by atoms with Crippen molar-refractivity contribution in [3.05, 3.63) is 59.3 Å². The SMILES string of the molecule is COc1ccc2nc(-n3nc(C)cc3NC(=O)COc3cc(C)cc(C)c3)sc2c1. The van der Waals surface area contributed by atoms with Crippen LogP contribution in [0.4, 0.5) is 5.82 Å². The van der Waals surface area contributed by atoms with Crippen LogP contribution in [0.15, 0.2) is 42.5 Å². The molecule has 0 spiro atoms. The minimum Gasteiger partial charge on any atom is -0.497 e. The summed E-state index contributed by atoms with van der Waals surface area (Å²) in [5, 5.41) is 8.03. The number of nitrogens with zero attached hydrogens (tertiary/aromatic N) is 3. The maximum absolute atomic E-state index is 12.5. The summed E-state index contributed by atoms with van der Waals surface area (Å²) in [6, 6.07) is 13.4. The lowest BCUT2D eigenvalue weighted by Crippen LogP contribution is -2.21. The van der Waals surface area contributed by atoms with Gasteiger partial charge in [-0.3, -0.25) is 4.79 Å². The van der Waals surface area contributed by atoms with Crippen LogP contribution in [0.2, 0.25) is 0 Å². The molecule has 4 rings (SSSR count). The molecule has 0 saturated carbocycles. The summed E-state index contributed by atoms with van der Waals surface area (Å²) in [6.45, 7) is 5.77. The summed E-state index contributed by atoms with van der Waals surface area (Å²) in [6.07, 6.45) is 0. The van der Waals surface area contributed by atoms with Gasteiger partial charge in [0.15, 0.2) is 6.61 Å². The van der Waals surface area contributed by atoms with Crippen LogP contribution in [0.25, 0.3) is 15.3 Å². The van der Waals surface area contributed by atoms with Crippen LogP contribution in [0.1, 0.15) is 16.8 Å². The Labute approximate surface area is 178 Å². The molecule has 0 saturated heterocycles. The Kier molecular flexibility index (Phi) is 5.41. The average Bonchev–Trinajstić information content (AvgIpc) is 3.27. The first-order valence-corrected chi connectivity index (χ1v) is 10.3. The number of nitrogens with one attached hydrogen (secondary N) is 1. The summed E-state index contributed by atoms with van der Waals surface area (Å²) in [7, 11) is 1.63. The maximum atomic E-state index is 12.5. The summed E-state index contributed by atoms with van der Waals surface area (Å²) >= 11 is 1.47. The van der Waals surface area contributed by atoms with Gasteiger partial charge in [-0.1, -0.05) is 17.4 Å². The molecule has 30 heavy (non-hydrogen) atoms. The van der Waals surface area contributed by atoms with Crippen LogP contribution in [0, 0.1) is 20.8 Å². The van der Waals surface area contributed by atoms with Gasteiger partial charge < -0.3 is 14.8 Å². The quantitative estimate of drug-likeness (QED) is 0.497. The number of anilines is 1. The van der Waals surface area contributed by atoms with Gasteiger partial charge in [-0.25, -0.2) is 4.98 Å². The third kappa shape index (κ3) is 4.28. The van der Waals surface area contributed by atoms with Crippen molar-refractivity contribution in [2.45, 2.75) is 20.8 Å². The number of carbonyl (C=O) groups excluding carboxylic acids is 1. The molecule has 4 aromatic rings. The van der Waals surface area contributed by atoms with Gasteiger partial charge in [0.1, 0.15) is 17.3 Å². The van der Waals surface area contributed by atoms with Crippen molar-refractivity contribution in [1.29, 1.82) is 0 Å². The fourth-order valence-corrected chi connectivity index (χ4v) is 4.15.